The van der Waals surface area contributed by atoms with Crippen molar-refractivity contribution in [2.75, 3.05) is 45.8 Å². The lowest BCUT2D eigenvalue weighted by Crippen LogP contribution is -2.52. The minimum absolute atomic E-state index is 0.0842. The van der Waals surface area contributed by atoms with Gasteiger partial charge in [0.05, 0.1) is 0 Å². The molecule has 0 aromatic carbocycles. The third-order valence-corrected chi connectivity index (χ3v) is 3.00. The molecule has 2 saturated heterocycles. The molecule has 5 nitrogen and oxygen atoms in total. The molecular formula is C9H18N4O. The minimum Gasteiger partial charge on any atom is -0.336 e. The van der Waals surface area contributed by atoms with Crippen molar-refractivity contribution in [1.82, 2.24) is 15.1 Å². The molecule has 0 aromatic heterocycles. The maximum atomic E-state index is 11.2. The molecule has 2 fully saturated rings. The van der Waals surface area contributed by atoms with Gasteiger partial charge in [0, 0.05) is 39.3 Å². The molecule has 80 valence electrons. The molecule has 0 spiro atoms. The van der Waals surface area contributed by atoms with E-state index in [1.807, 2.05) is 4.90 Å². The van der Waals surface area contributed by atoms with Crippen LogP contribution in [0.25, 0.3) is 0 Å². The van der Waals surface area contributed by atoms with Gasteiger partial charge in [-0.1, -0.05) is 0 Å². The van der Waals surface area contributed by atoms with Crippen LogP contribution < -0.4 is 11.1 Å². The Kier molecular flexibility index (Phi) is 2.88. The summed E-state index contributed by atoms with van der Waals surface area (Å²) in [5.74, 6) is 0.683. The van der Waals surface area contributed by atoms with Crippen LogP contribution in [0.5, 0.6) is 0 Å². The van der Waals surface area contributed by atoms with Gasteiger partial charge in [0.1, 0.15) is 0 Å². The number of carbonyl (C=O) groups is 1. The van der Waals surface area contributed by atoms with Gasteiger partial charge in [-0.3, -0.25) is 0 Å². The van der Waals surface area contributed by atoms with Crippen molar-refractivity contribution >= 4 is 6.03 Å². The number of nitrogens with one attached hydrogen (secondary N) is 1. The van der Waals surface area contributed by atoms with Crippen LogP contribution in [0.1, 0.15) is 0 Å². The number of likely N-dealkylation sites (tertiary alicyclic amines) is 1. The summed E-state index contributed by atoms with van der Waals surface area (Å²) in [4.78, 5) is 15.4. The van der Waals surface area contributed by atoms with Crippen molar-refractivity contribution in [1.29, 1.82) is 0 Å². The highest BCUT2D eigenvalue weighted by atomic mass is 16.2. The second-order valence-corrected chi connectivity index (χ2v) is 4.08. The van der Waals surface area contributed by atoms with E-state index in [0.717, 1.165) is 45.8 Å². The molecule has 2 rings (SSSR count). The lowest BCUT2D eigenvalue weighted by atomic mass is 10.0. The molecule has 14 heavy (non-hydrogen) atoms. The van der Waals surface area contributed by atoms with E-state index in [4.69, 9.17) is 5.73 Å². The molecule has 3 N–H and O–H groups in total. The van der Waals surface area contributed by atoms with Crippen molar-refractivity contribution in [3.8, 4) is 0 Å². The van der Waals surface area contributed by atoms with Crippen LogP contribution in [0, 0.1) is 5.92 Å². The Hall–Kier alpha value is -0.810. The van der Waals surface area contributed by atoms with E-state index >= 15 is 0 Å². The molecular weight excluding hydrogens is 180 g/mol. The minimum atomic E-state index is 0.0842. The first-order chi connectivity index (χ1) is 6.79. The standard InChI is InChI=1S/C9H18N4O/c10-5-8-6-12(7-8)3-4-13-2-1-11-9(13)14/h8H,1-7,10H2,(H,11,14). The van der Waals surface area contributed by atoms with Gasteiger partial charge < -0.3 is 20.9 Å². The second-order valence-electron chi connectivity index (χ2n) is 4.08. The van der Waals surface area contributed by atoms with Gasteiger partial charge >= 0.3 is 6.03 Å². The first-order valence-electron chi connectivity index (χ1n) is 5.25. The highest BCUT2D eigenvalue weighted by Crippen LogP contribution is 2.13. The molecule has 0 atom stereocenters. The van der Waals surface area contributed by atoms with Gasteiger partial charge in [0.2, 0.25) is 0 Å². The molecule has 0 aliphatic carbocycles. The Morgan fingerprint density at radius 2 is 2.21 bits per heavy atom. The van der Waals surface area contributed by atoms with Crippen LogP contribution in [0.15, 0.2) is 0 Å². The first kappa shape index (κ1) is 9.73. The molecule has 0 unspecified atom stereocenters. The van der Waals surface area contributed by atoms with Gasteiger partial charge in [0.15, 0.2) is 0 Å². The summed E-state index contributed by atoms with van der Waals surface area (Å²) >= 11 is 0. The van der Waals surface area contributed by atoms with Crippen molar-refractivity contribution in [3.63, 3.8) is 0 Å². The second kappa shape index (κ2) is 4.14. The lowest BCUT2D eigenvalue weighted by molar-refractivity contribution is 0.0970. The summed E-state index contributed by atoms with van der Waals surface area (Å²) in [5.41, 5.74) is 5.54. The largest absolute Gasteiger partial charge is 0.336 e. The fourth-order valence-corrected chi connectivity index (χ4v) is 2.00. The van der Waals surface area contributed by atoms with Crippen LogP contribution >= 0.6 is 0 Å². The Morgan fingerprint density at radius 1 is 1.43 bits per heavy atom. The van der Waals surface area contributed by atoms with Gasteiger partial charge in [-0.15, -0.1) is 0 Å². The summed E-state index contributed by atoms with van der Waals surface area (Å²) < 4.78 is 0. The van der Waals surface area contributed by atoms with E-state index in [0.29, 0.717) is 5.92 Å². The predicted molar refractivity (Wildman–Crippen MR) is 54.0 cm³/mol. The zero-order valence-corrected chi connectivity index (χ0v) is 8.41. The SMILES string of the molecule is NCC1CN(CCN2CCNC2=O)C1. The van der Waals surface area contributed by atoms with E-state index in [9.17, 15) is 4.79 Å². The molecule has 2 amide bonds. The van der Waals surface area contributed by atoms with Crippen LogP contribution in [0.3, 0.4) is 0 Å². The first-order valence-corrected chi connectivity index (χ1v) is 5.25. The molecule has 2 aliphatic heterocycles. The summed E-state index contributed by atoms with van der Waals surface area (Å²) in [6.45, 7) is 6.49. The van der Waals surface area contributed by atoms with Gasteiger partial charge in [-0.25, -0.2) is 4.79 Å². The van der Waals surface area contributed by atoms with Crippen LogP contribution in [0.2, 0.25) is 0 Å². The van der Waals surface area contributed by atoms with Crippen molar-refractivity contribution in [2.45, 2.75) is 0 Å². The van der Waals surface area contributed by atoms with Crippen molar-refractivity contribution < 1.29 is 4.79 Å². The van der Waals surface area contributed by atoms with E-state index in [1.54, 1.807) is 0 Å². The molecule has 2 aliphatic rings. The zero-order chi connectivity index (χ0) is 9.97. The fourth-order valence-electron chi connectivity index (χ4n) is 2.00. The summed E-state index contributed by atoms with van der Waals surface area (Å²) in [7, 11) is 0. The zero-order valence-electron chi connectivity index (χ0n) is 8.41. The number of hydrogen-bond donors (Lipinski definition) is 2. The van der Waals surface area contributed by atoms with Crippen LogP contribution in [0.4, 0.5) is 4.79 Å². The molecule has 0 radical (unpaired) electrons. The van der Waals surface area contributed by atoms with Crippen LogP contribution in [-0.4, -0.2) is 61.6 Å². The third-order valence-electron chi connectivity index (χ3n) is 3.00. The molecule has 0 bridgehead atoms. The highest BCUT2D eigenvalue weighted by molar-refractivity contribution is 5.76. The normalized spacial score (nSPS) is 23.8. The highest BCUT2D eigenvalue weighted by Gasteiger charge is 2.26. The number of amides is 2. The summed E-state index contributed by atoms with van der Waals surface area (Å²) in [6.07, 6.45) is 0. The average molecular weight is 198 g/mol. The average Bonchev–Trinajstić information content (AvgIpc) is 2.49. The number of rotatable bonds is 4. The molecule has 0 aromatic rings. The van der Waals surface area contributed by atoms with Gasteiger partial charge in [0.25, 0.3) is 0 Å². The maximum Gasteiger partial charge on any atom is 0.317 e. The topological polar surface area (TPSA) is 61.6 Å². The number of nitrogens with zero attached hydrogens (tertiary/aromatic N) is 2. The number of nitrogens with two attached hydrogens (primary N) is 1. The van der Waals surface area contributed by atoms with Gasteiger partial charge in [-0.2, -0.15) is 0 Å². The van der Waals surface area contributed by atoms with E-state index in [2.05, 4.69) is 10.2 Å². The molecule has 0 saturated carbocycles. The summed E-state index contributed by atoms with van der Waals surface area (Å²) in [6, 6.07) is 0.0842. The lowest BCUT2D eigenvalue weighted by Gasteiger charge is -2.39. The summed E-state index contributed by atoms with van der Waals surface area (Å²) in [5, 5.41) is 2.80. The smallest absolute Gasteiger partial charge is 0.317 e. The number of urea groups is 1. The monoisotopic (exact) mass is 198 g/mol. The Labute approximate surface area is 84.2 Å². The number of hydrogen-bond acceptors (Lipinski definition) is 3. The van der Waals surface area contributed by atoms with Crippen molar-refractivity contribution in [2.24, 2.45) is 11.7 Å². The molecule has 5 heteroatoms. The maximum absolute atomic E-state index is 11.2. The Balaban J connectivity index is 1.61. The quantitative estimate of drug-likeness (QED) is 0.603. The fraction of sp³-hybridized carbons (Fsp3) is 0.889. The van der Waals surface area contributed by atoms with E-state index in [1.165, 1.54) is 0 Å². The van der Waals surface area contributed by atoms with E-state index in [-0.39, 0.29) is 6.03 Å². The van der Waals surface area contributed by atoms with Gasteiger partial charge in [-0.05, 0) is 12.5 Å². The van der Waals surface area contributed by atoms with E-state index < -0.39 is 0 Å². The van der Waals surface area contributed by atoms with Crippen LogP contribution in [-0.2, 0) is 0 Å². The Bertz CT molecular complexity index is 215. The third kappa shape index (κ3) is 1.99. The van der Waals surface area contributed by atoms with Crippen molar-refractivity contribution in [3.05, 3.63) is 0 Å². The molecule has 2 heterocycles. The number of carbonyl (C=O) groups excluding carboxylic acids is 1. The Morgan fingerprint density at radius 3 is 2.79 bits per heavy atom. The predicted octanol–water partition coefficient (Wildman–Crippen LogP) is -1.10.